The number of rotatable bonds is 4. The van der Waals surface area contributed by atoms with Crippen molar-refractivity contribution in [3.05, 3.63) is 52.8 Å². The van der Waals surface area contributed by atoms with E-state index in [1.54, 1.807) is 12.4 Å². The zero-order valence-corrected chi connectivity index (χ0v) is 11.0. The smallest absolute Gasteiger partial charge is 0.231 e. The molecule has 2 aromatic rings. The highest BCUT2D eigenvalue weighted by atomic mass is 35.5. The van der Waals surface area contributed by atoms with E-state index in [1.807, 2.05) is 24.3 Å². The van der Waals surface area contributed by atoms with Crippen molar-refractivity contribution >= 4 is 11.6 Å². The van der Waals surface area contributed by atoms with Crippen LogP contribution in [0.2, 0.25) is 5.02 Å². The molecule has 5 heteroatoms. The Balaban J connectivity index is 1.65. The minimum atomic E-state index is 0.294. The number of ether oxygens (including phenoxy) is 2. The summed E-state index contributed by atoms with van der Waals surface area (Å²) in [4.78, 5) is 3.96. The second-order valence-corrected chi connectivity index (χ2v) is 4.63. The Kier molecular flexibility index (Phi) is 3.53. The van der Waals surface area contributed by atoms with Crippen LogP contribution in [0.5, 0.6) is 11.5 Å². The van der Waals surface area contributed by atoms with Crippen LogP contribution in [-0.2, 0) is 13.1 Å². The van der Waals surface area contributed by atoms with E-state index in [9.17, 15) is 0 Å². The Hall–Kier alpha value is -1.78. The van der Waals surface area contributed by atoms with Crippen LogP contribution in [0.15, 0.2) is 36.7 Å². The van der Waals surface area contributed by atoms with Gasteiger partial charge in [-0.15, -0.1) is 0 Å². The van der Waals surface area contributed by atoms with Crippen molar-refractivity contribution < 1.29 is 9.47 Å². The van der Waals surface area contributed by atoms with Crippen LogP contribution in [-0.4, -0.2) is 11.8 Å². The molecule has 0 spiro atoms. The predicted octanol–water partition coefficient (Wildman–Crippen LogP) is 2.75. The Bertz CT molecular complexity index is 589. The molecule has 0 unspecified atom stereocenters. The summed E-state index contributed by atoms with van der Waals surface area (Å²) in [5.74, 6) is 1.64. The van der Waals surface area contributed by atoms with Crippen LogP contribution in [0, 0.1) is 0 Å². The van der Waals surface area contributed by atoms with Gasteiger partial charge in [-0.2, -0.15) is 0 Å². The molecule has 0 atom stereocenters. The predicted molar refractivity (Wildman–Crippen MR) is 72.4 cm³/mol. The molecule has 4 nitrogen and oxygen atoms in total. The number of pyridine rings is 1. The van der Waals surface area contributed by atoms with E-state index in [0.29, 0.717) is 24.9 Å². The monoisotopic (exact) mass is 276 g/mol. The Labute approximate surface area is 116 Å². The standard InChI is InChI=1S/C14H13ClN2O2/c15-12-8-16-5-4-10(12)6-17-7-11-2-1-3-13-14(11)19-9-18-13/h1-5,8,17H,6-7,9H2. The number of hydrogen-bond donors (Lipinski definition) is 1. The fourth-order valence-corrected chi connectivity index (χ4v) is 2.20. The molecule has 1 aliphatic heterocycles. The Morgan fingerprint density at radius 1 is 1.16 bits per heavy atom. The van der Waals surface area contributed by atoms with Crippen molar-refractivity contribution in [2.45, 2.75) is 13.1 Å². The van der Waals surface area contributed by atoms with Crippen LogP contribution < -0.4 is 14.8 Å². The molecular formula is C14H13ClN2O2. The van der Waals surface area contributed by atoms with Gasteiger partial charge in [0.25, 0.3) is 0 Å². The first-order chi connectivity index (χ1) is 9.34. The number of para-hydroxylation sites is 1. The first kappa shape index (κ1) is 12.3. The summed E-state index contributed by atoms with van der Waals surface area (Å²) in [5.41, 5.74) is 2.11. The maximum atomic E-state index is 6.05. The van der Waals surface area contributed by atoms with Crippen molar-refractivity contribution in [1.29, 1.82) is 0 Å². The van der Waals surface area contributed by atoms with Crippen molar-refractivity contribution in [3.8, 4) is 11.5 Å². The number of hydrogen-bond acceptors (Lipinski definition) is 4. The zero-order chi connectivity index (χ0) is 13.1. The fraction of sp³-hybridized carbons (Fsp3) is 0.214. The third-order valence-electron chi connectivity index (χ3n) is 2.97. The fourth-order valence-electron chi connectivity index (χ4n) is 2.01. The highest BCUT2D eigenvalue weighted by molar-refractivity contribution is 6.31. The van der Waals surface area contributed by atoms with Gasteiger partial charge in [0.15, 0.2) is 11.5 Å². The highest BCUT2D eigenvalue weighted by Crippen LogP contribution is 2.35. The molecule has 1 aromatic carbocycles. The first-order valence-corrected chi connectivity index (χ1v) is 6.39. The van der Waals surface area contributed by atoms with Crippen LogP contribution in [0.4, 0.5) is 0 Å². The molecule has 1 aromatic heterocycles. The van der Waals surface area contributed by atoms with Crippen molar-refractivity contribution in [1.82, 2.24) is 10.3 Å². The number of nitrogens with one attached hydrogen (secondary N) is 1. The van der Waals surface area contributed by atoms with E-state index in [-0.39, 0.29) is 0 Å². The van der Waals surface area contributed by atoms with Gasteiger partial charge in [-0.05, 0) is 17.7 Å². The molecule has 0 saturated carbocycles. The molecule has 0 radical (unpaired) electrons. The number of aromatic nitrogens is 1. The van der Waals surface area contributed by atoms with Crippen molar-refractivity contribution in [2.24, 2.45) is 0 Å². The molecule has 98 valence electrons. The Morgan fingerprint density at radius 3 is 2.95 bits per heavy atom. The summed E-state index contributed by atoms with van der Waals surface area (Å²) >= 11 is 6.05. The van der Waals surface area contributed by atoms with Gasteiger partial charge in [0.1, 0.15) is 0 Å². The van der Waals surface area contributed by atoms with E-state index in [1.165, 1.54) is 0 Å². The SMILES string of the molecule is Clc1cnccc1CNCc1cccc2c1OCO2. The molecule has 0 fully saturated rings. The van der Waals surface area contributed by atoms with Gasteiger partial charge in [0.05, 0.1) is 5.02 Å². The molecule has 3 rings (SSSR count). The molecule has 1 N–H and O–H groups in total. The van der Waals surface area contributed by atoms with Crippen LogP contribution in [0.25, 0.3) is 0 Å². The van der Waals surface area contributed by atoms with E-state index in [0.717, 1.165) is 22.6 Å². The second-order valence-electron chi connectivity index (χ2n) is 4.22. The van der Waals surface area contributed by atoms with E-state index >= 15 is 0 Å². The number of nitrogens with zero attached hydrogens (tertiary/aromatic N) is 1. The van der Waals surface area contributed by atoms with Gasteiger partial charge < -0.3 is 14.8 Å². The minimum Gasteiger partial charge on any atom is -0.454 e. The second kappa shape index (κ2) is 5.47. The van der Waals surface area contributed by atoms with Crippen molar-refractivity contribution in [3.63, 3.8) is 0 Å². The maximum absolute atomic E-state index is 6.05. The number of benzene rings is 1. The molecule has 0 aliphatic carbocycles. The lowest BCUT2D eigenvalue weighted by Gasteiger charge is -2.08. The summed E-state index contributed by atoms with van der Waals surface area (Å²) in [6.45, 7) is 1.68. The van der Waals surface area contributed by atoms with E-state index in [2.05, 4.69) is 10.3 Å². The third kappa shape index (κ3) is 2.64. The summed E-state index contributed by atoms with van der Waals surface area (Å²) < 4.78 is 10.8. The quantitative estimate of drug-likeness (QED) is 0.932. The molecule has 0 saturated heterocycles. The molecule has 1 aliphatic rings. The van der Waals surface area contributed by atoms with Crippen molar-refractivity contribution in [2.75, 3.05) is 6.79 Å². The van der Waals surface area contributed by atoms with Gasteiger partial charge in [0, 0.05) is 31.0 Å². The molecule has 19 heavy (non-hydrogen) atoms. The van der Waals surface area contributed by atoms with E-state index < -0.39 is 0 Å². The zero-order valence-electron chi connectivity index (χ0n) is 10.2. The van der Waals surface area contributed by atoms with Crippen LogP contribution in [0.1, 0.15) is 11.1 Å². The largest absolute Gasteiger partial charge is 0.454 e. The lowest BCUT2D eigenvalue weighted by atomic mass is 10.2. The summed E-state index contributed by atoms with van der Waals surface area (Å²) in [6.07, 6.45) is 3.38. The third-order valence-corrected chi connectivity index (χ3v) is 3.31. The highest BCUT2D eigenvalue weighted by Gasteiger charge is 2.16. The average Bonchev–Trinajstić information content (AvgIpc) is 2.90. The topological polar surface area (TPSA) is 43.4 Å². The normalized spacial score (nSPS) is 12.7. The summed E-state index contributed by atoms with van der Waals surface area (Å²) in [6, 6.07) is 7.80. The van der Waals surface area contributed by atoms with Gasteiger partial charge in [0.2, 0.25) is 6.79 Å². The molecular weight excluding hydrogens is 264 g/mol. The first-order valence-electron chi connectivity index (χ1n) is 6.01. The van der Waals surface area contributed by atoms with Gasteiger partial charge in [-0.25, -0.2) is 0 Å². The van der Waals surface area contributed by atoms with Gasteiger partial charge in [-0.1, -0.05) is 23.7 Å². The summed E-state index contributed by atoms with van der Waals surface area (Å²) in [7, 11) is 0. The maximum Gasteiger partial charge on any atom is 0.231 e. The number of fused-ring (bicyclic) bond motifs is 1. The lowest BCUT2D eigenvalue weighted by Crippen LogP contribution is -2.13. The van der Waals surface area contributed by atoms with Gasteiger partial charge in [-0.3, -0.25) is 4.98 Å². The molecule has 0 amide bonds. The van der Waals surface area contributed by atoms with Crippen LogP contribution in [0.3, 0.4) is 0 Å². The van der Waals surface area contributed by atoms with Gasteiger partial charge >= 0.3 is 0 Å². The Morgan fingerprint density at radius 2 is 2.05 bits per heavy atom. The molecule has 0 bridgehead atoms. The lowest BCUT2D eigenvalue weighted by molar-refractivity contribution is 0.173. The van der Waals surface area contributed by atoms with Crippen LogP contribution >= 0.6 is 11.6 Å². The number of halogens is 1. The summed E-state index contributed by atoms with van der Waals surface area (Å²) in [5, 5.41) is 4.01. The molecule has 2 heterocycles. The average molecular weight is 277 g/mol. The minimum absolute atomic E-state index is 0.294. The van der Waals surface area contributed by atoms with E-state index in [4.69, 9.17) is 21.1 Å².